The Balaban J connectivity index is 2.70. The summed E-state index contributed by atoms with van der Waals surface area (Å²) in [5, 5.41) is 8.39. The molecule has 0 atom stereocenters. The minimum atomic E-state index is -4.37. The highest BCUT2D eigenvalue weighted by molar-refractivity contribution is 5.18. The molecule has 0 spiro atoms. The van der Waals surface area contributed by atoms with E-state index in [9.17, 15) is 18.1 Å². The number of rotatable bonds is 2. The Bertz CT molecular complexity index is 280. The lowest BCUT2D eigenvalue weighted by Crippen LogP contribution is -2.17. The molecule has 0 unspecified atom stereocenters. The molecule has 5 nitrogen and oxygen atoms in total. The van der Waals surface area contributed by atoms with Crippen molar-refractivity contribution in [3.63, 3.8) is 0 Å². The lowest BCUT2D eigenvalue weighted by atomic mass is 10.6. The van der Waals surface area contributed by atoms with Crippen molar-refractivity contribution in [1.29, 1.82) is 0 Å². The van der Waals surface area contributed by atoms with E-state index < -0.39 is 12.7 Å². The van der Waals surface area contributed by atoms with Gasteiger partial charge in [-0.15, -0.1) is 10.0 Å². The zero-order valence-electron chi connectivity index (χ0n) is 5.62. The molecule has 0 aliphatic carbocycles. The summed E-state index contributed by atoms with van der Waals surface area (Å²) in [7, 11) is 0. The van der Waals surface area contributed by atoms with Crippen LogP contribution in [0.3, 0.4) is 0 Å². The van der Waals surface area contributed by atoms with Gasteiger partial charge in [-0.3, -0.25) is 0 Å². The minimum Gasteiger partial charge on any atom is -0.241 e. The van der Waals surface area contributed by atoms with Gasteiger partial charge in [0.1, 0.15) is 6.54 Å². The first-order valence-electron chi connectivity index (χ1n) is 2.81. The van der Waals surface area contributed by atoms with Crippen LogP contribution in [0.2, 0.25) is 0 Å². The number of aromatic nitrogens is 3. The Kier molecular flexibility index (Phi) is 2.07. The van der Waals surface area contributed by atoms with E-state index in [0.717, 1.165) is 6.20 Å². The molecule has 0 fully saturated rings. The molecule has 0 bridgehead atoms. The Hall–Kier alpha value is -1.47. The summed E-state index contributed by atoms with van der Waals surface area (Å²) < 4.78 is 35.5. The Morgan fingerprint density at radius 3 is 2.67 bits per heavy atom. The fourth-order valence-electron chi connectivity index (χ4n) is 0.591. The molecule has 12 heavy (non-hydrogen) atoms. The SMILES string of the molecule is O=Nc1cn(CC(F)(F)F)nn1. The predicted octanol–water partition coefficient (Wildman–Crippen LogP) is 1.24. The van der Waals surface area contributed by atoms with Gasteiger partial charge in [0.2, 0.25) is 5.82 Å². The minimum absolute atomic E-state index is 0.362. The van der Waals surface area contributed by atoms with Crippen LogP contribution in [0.1, 0.15) is 0 Å². The van der Waals surface area contributed by atoms with Crippen LogP contribution in [0.15, 0.2) is 11.4 Å². The van der Waals surface area contributed by atoms with Gasteiger partial charge in [-0.2, -0.15) is 13.2 Å². The van der Waals surface area contributed by atoms with Gasteiger partial charge in [-0.05, 0) is 5.18 Å². The highest BCUT2D eigenvalue weighted by atomic mass is 19.4. The van der Waals surface area contributed by atoms with Crippen molar-refractivity contribution >= 4 is 5.82 Å². The third-order valence-corrected chi connectivity index (χ3v) is 0.961. The summed E-state index contributed by atoms with van der Waals surface area (Å²) in [6.07, 6.45) is -3.55. The van der Waals surface area contributed by atoms with E-state index in [1.165, 1.54) is 0 Å². The van der Waals surface area contributed by atoms with Gasteiger partial charge < -0.3 is 0 Å². The summed E-state index contributed by atoms with van der Waals surface area (Å²) in [5.74, 6) is -0.362. The van der Waals surface area contributed by atoms with Crippen molar-refractivity contribution in [2.75, 3.05) is 0 Å². The molecule has 0 aromatic carbocycles. The molecule has 1 aromatic heterocycles. The molecule has 1 heterocycles. The number of hydrogen-bond acceptors (Lipinski definition) is 4. The molecule has 0 saturated carbocycles. The van der Waals surface area contributed by atoms with Crippen molar-refractivity contribution in [3.05, 3.63) is 11.1 Å². The van der Waals surface area contributed by atoms with Crippen molar-refractivity contribution in [3.8, 4) is 0 Å². The molecule has 0 saturated heterocycles. The average Bonchev–Trinajstić information content (AvgIpc) is 2.32. The molecule has 0 radical (unpaired) electrons. The van der Waals surface area contributed by atoms with Gasteiger partial charge in [0.25, 0.3) is 0 Å². The molecule has 0 aliphatic heterocycles. The van der Waals surface area contributed by atoms with Crippen LogP contribution in [0.25, 0.3) is 0 Å². The lowest BCUT2D eigenvalue weighted by Gasteiger charge is -2.03. The van der Waals surface area contributed by atoms with Gasteiger partial charge in [-0.25, -0.2) is 4.68 Å². The average molecular weight is 180 g/mol. The Morgan fingerprint density at radius 2 is 2.25 bits per heavy atom. The number of nitrogens with zero attached hydrogens (tertiary/aromatic N) is 4. The third kappa shape index (κ3) is 2.29. The second kappa shape index (κ2) is 2.88. The van der Waals surface area contributed by atoms with E-state index in [0.29, 0.717) is 4.68 Å². The van der Waals surface area contributed by atoms with E-state index in [4.69, 9.17) is 0 Å². The van der Waals surface area contributed by atoms with Crippen LogP contribution in [-0.2, 0) is 6.54 Å². The normalized spacial score (nSPS) is 11.6. The van der Waals surface area contributed by atoms with Gasteiger partial charge >= 0.3 is 6.18 Å². The summed E-state index contributed by atoms with van der Waals surface area (Å²) in [4.78, 5) is 9.74. The number of nitroso groups, excluding NO2 is 1. The molecule has 8 heteroatoms. The second-order valence-electron chi connectivity index (χ2n) is 1.98. The molecule has 0 aliphatic rings. The lowest BCUT2D eigenvalue weighted by molar-refractivity contribution is -0.142. The van der Waals surface area contributed by atoms with Gasteiger partial charge in [0.15, 0.2) is 0 Å². The maximum Gasteiger partial charge on any atom is 0.408 e. The number of halogens is 3. The van der Waals surface area contributed by atoms with E-state index in [1.807, 2.05) is 0 Å². The van der Waals surface area contributed by atoms with Crippen LogP contribution in [0.5, 0.6) is 0 Å². The number of alkyl halides is 3. The molecular formula is C4H3F3N4O. The molecular weight excluding hydrogens is 177 g/mol. The smallest absolute Gasteiger partial charge is 0.241 e. The molecule has 0 amide bonds. The molecule has 66 valence electrons. The topological polar surface area (TPSA) is 60.1 Å². The third-order valence-electron chi connectivity index (χ3n) is 0.961. The van der Waals surface area contributed by atoms with Crippen LogP contribution in [0, 0.1) is 4.91 Å². The van der Waals surface area contributed by atoms with Gasteiger partial charge in [0.05, 0.1) is 6.20 Å². The maximum absolute atomic E-state index is 11.7. The molecule has 1 aromatic rings. The van der Waals surface area contributed by atoms with Gasteiger partial charge in [-0.1, -0.05) is 5.21 Å². The van der Waals surface area contributed by atoms with Crippen molar-refractivity contribution in [2.45, 2.75) is 12.7 Å². The monoisotopic (exact) mass is 180 g/mol. The molecule has 0 N–H and O–H groups in total. The van der Waals surface area contributed by atoms with E-state index in [1.54, 1.807) is 0 Å². The van der Waals surface area contributed by atoms with Crippen molar-refractivity contribution in [1.82, 2.24) is 15.0 Å². The van der Waals surface area contributed by atoms with Crippen LogP contribution >= 0.6 is 0 Å². The summed E-state index contributed by atoms with van der Waals surface area (Å²) in [6.45, 7) is -1.27. The van der Waals surface area contributed by atoms with E-state index in [-0.39, 0.29) is 5.82 Å². The van der Waals surface area contributed by atoms with E-state index >= 15 is 0 Å². The summed E-state index contributed by atoms with van der Waals surface area (Å²) in [6, 6.07) is 0. The first-order chi connectivity index (χ1) is 5.51. The van der Waals surface area contributed by atoms with Crippen LogP contribution in [0.4, 0.5) is 19.0 Å². The highest BCUT2D eigenvalue weighted by Gasteiger charge is 2.28. The zero-order chi connectivity index (χ0) is 9.19. The van der Waals surface area contributed by atoms with Gasteiger partial charge in [0, 0.05) is 0 Å². The first-order valence-corrected chi connectivity index (χ1v) is 2.81. The fourth-order valence-corrected chi connectivity index (χ4v) is 0.591. The van der Waals surface area contributed by atoms with Crippen molar-refractivity contribution in [2.24, 2.45) is 5.18 Å². The Morgan fingerprint density at radius 1 is 1.58 bits per heavy atom. The standard InChI is InChI=1S/C4H3F3N4O/c5-4(6,7)2-11-1-3(9-12)8-10-11/h1H,2H2. The fraction of sp³-hybridized carbons (Fsp3) is 0.500. The van der Waals surface area contributed by atoms with E-state index in [2.05, 4.69) is 15.5 Å². The molecule has 1 rings (SSSR count). The summed E-state index contributed by atoms with van der Waals surface area (Å²) >= 11 is 0. The van der Waals surface area contributed by atoms with Crippen LogP contribution in [-0.4, -0.2) is 21.2 Å². The number of hydrogen-bond donors (Lipinski definition) is 0. The zero-order valence-corrected chi connectivity index (χ0v) is 5.62. The largest absolute Gasteiger partial charge is 0.408 e. The predicted molar refractivity (Wildman–Crippen MR) is 31.5 cm³/mol. The first kappa shape index (κ1) is 8.62. The second-order valence-corrected chi connectivity index (χ2v) is 1.98. The maximum atomic E-state index is 11.7. The van der Waals surface area contributed by atoms with Crippen LogP contribution < -0.4 is 0 Å². The van der Waals surface area contributed by atoms with Crippen molar-refractivity contribution < 1.29 is 13.2 Å². The Labute approximate surface area is 64.1 Å². The highest BCUT2D eigenvalue weighted by Crippen LogP contribution is 2.17. The summed E-state index contributed by atoms with van der Waals surface area (Å²) in [5.41, 5.74) is 0. The quantitative estimate of drug-likeness (QED) is 0.643.